The average molecular weight is 477 g/mol. The second-order valence-electron chi connectivity index (χ2n) is 8.93. The average Bonchev–Trinajstić information content (AvgIpc) is 3.53. The van der Waals surface area contributed by atoms with Crippen LogP contribution < -0.4 is 15.0 Å². The third-order valence-electron chi connectivity index (χ3n) is 6.49. The maximum absolute atomic E-state index is 13.9. The number of ether oxygens (including phenoxy) is 1. The van der Waals surface area contributed by atoms with E-state index in [1.807, 2.05) is 73.8 Å². The van der Waals surface area contributed by atoms with Gasteiger partial charge in [0.05, 0.1) is 19.2 Å². The number of anilines is 1. The molecule has 0 spiro atoms. The van der Waals surface area contributed by atoms with Gasteiger partial charge < -0.3 is 10.1 Å². The first-order chi connectivity index (χ1) is 16.5. The molecule has 1 aliphatic rings. The van der Waals surface area contributed by atoms with Gasteiger partial charge >= 0.3 is 0 Å². The van der Waals surface area contributed by atoms with Gasteiger partial charge in [-0.25, -0.2) is 0 Å². The zero-order chi connectivity index (χ0) is 24.1. The van der Waals surface area contributed by atoms with Crippen LogP contribution in [0.25, 0.3) is 0 Å². The highest BCUT2D eigenvalue weighted by Crippen LogP contribution is 2.35. The molecule has 5 nitrogen and oxygen atoms in total. The molecule has 0 saturated heterocycles. The molecule has 1 saturated carbocycles. The summed E-state index contributed by atoms with van der Waals surface area (Å²) < 4.78 is 5.34. The number of carbonyl (C=O) groups is 2. The lowest BCUT2D eigenvalue weighted by Crippen LogP contribution is -2.47. The number of aryl methyl sites for hydroxylation is 2. The van der Waals surface area contributed by atoms with Crippen LogP contribution >= 0.6 is 11.3 Å². The molecule has 1 N–H and O–H groups in total. The Morgan fingerprint density at radius 3 is 2.29 bits per heavy atom. The second-order valence-corrected chi connectivity index (χ2v) is 9.96. The Bertz CT molecular complexity index is 1100. The van der Waals surface area contributed by atoms with E-state index in [2.05, 4.69) is 5.32 Å². The molecule has 0 bridgehead atoms. The third kappa shape index (κ3) is 5.33. The summed E-state index contributed by atoms with van der Waals surface area (Å²) in [4.78, 5) is 30.5. The van der Waals surface area contributed by atoms with Gasteiger partial charge in [-0.15, -0.1) is 11.3 Å². The van der Waals surface area contributed by atoms with Crippen molar-refractivity contribution in [3.8, 4) is 5.75 Å². The van der Waals surface area contributed by atoms with Gasteiger partial charge in [0.15, 0.2) is 0 Å². The van der Waals surface area contributed by atoms with Gasteiger partial charge in [-0.05, 0) is 67.0 Å². The summed E-state index contributed by atoms with van der Waals surface area (Å²) in [7, 11) is 1.62. The van der Waals surface area contributed by atoms with E-state index in [9.17, 15) is 9.59 Å². The van der Waals surface area contributed by atoms with E-state index < -0.39 is 6.04 Å². The van der Waals surface area contributed by atoms with Gasteiger partial charge in [-0.2, -0.15) is 0 Å². The number of carbonyl (C=O) groups excluding carboxylic acids is 2. The number of nitrogens with zero attached hydrogens (tertiary/aromatic N) is 1. The first-order valence-electron chi connectivity index (χ1n) is 11.8. The van der Waals surface area contributed by atoms with Crippen LogP contribution in [0.2, 0.25) is 0 Å². The fourth-order valence-electron chi connectivity index (χ4n) is 4.78. The van der Waals surface area contributed by atoms with Gasteiger partial charge in [-0.1, -0.05) is 49.2 Å². The minimum absolute atomic E-state index is 0.0951. The number of hydrogen-bond donors (Lipinski definition) is 1. The fourth-order valence-corrected chi connectivity index (χ4v) is 5.48. The van der Waals surface area contributed by atoms with E-state index in [1.54, 1.807) is 23.3 Å². The van der Waals surface area contributed by atoms with Crippen molar-refractivity contribution in [3.63, 3.8) is 0 Å². The summed E-state index contributed by atoms with van der Waals surface area (Å²) in [6.45, 7) is 3.99. The van der Waals surface area contributed by atoms with Crippen LogP contribution in [0.1, 0.15) is 53.3 Å². The Kier molecular flexibility index (Phi) is 7.68. The monoisotopic (exact) mass is 476 g/mol. The minimum Gasteiger partial charge on any atom is -0.497 e. The van der Waals surface area contributed by atoms with Crippen molar-refractivity contribution < 1.29 is 14.3 Å². The van der Waals surface area contributed by atoms with Crippen molar-refractivity contribution in [1.82, 2.24) is 5.32 Å². The summed E-state index contributed by atoms with van der Waals surface area (Å²) in [6.07, 6.45) is 4.45. The zero-order valence-corrected chi connectivity index (χ0v) is 20.9. The molecule has 1 unspecified atom stereocenters. The highest BCUT2D eigenvalue weighted by molar-refractivity contribution is 7.10. The number of rotatable bonds is 8. The molecule has 1 heterocycles. The first-order valence-corrected chi connectivity index (χ1v) is 12.7. The molecule has 34 heavy (non-hydrogen) atoms. The number of hydrogen-bond acceptors (Lipinski definition) is 4. The van der Waals surface area contributed by atoms with Crippen molar-refractivity contribution in [3.05, 3.63) is 81.5 Å². The summed E-state index contributed by atoms with van der Waals surface area (Å²) in [5.41, 5.74) is 3.49. The molecule has 0 radical (unpaired) electrons. The van der Waals surface area contributed by atoms with E-state index in [0.29, 0.717) is 5.75 Å². The molecule has 2 aromatic carbocycles. The van der Waals surface area contributed by atoms with Crippen LogP contribution in [0, 0.1) is 13.8 Å². The van der Waals surface area contributed by atoms with Gasteiger partial charge in [0.25, 0.3) is 0 Å². The van der Waals surface area contributed by atoms with Gasteiger partial charge in [0.1, 0.15) is 11.8 Å². The van der Waals surface area contributed by atoms with Crippen molar-refractivity contribution in [2.75, 3.05) is 12.0 Å². The largest absolute Gasteiger partial charge is 0.497 e. The Balaban J connectivity index is 1.81. The molecule has 1 atom stereocenters. The lowest BCUT2D eigenvalue weighted by Gasteiger charge is -2.34. The summed E-state index contributed by atoms with van der Waals surface area (Å²) >= 11 is 1.55. The predicted octanol–water partition coefficient (Wildman–Crippen LogP) is 5.75. The molecule has 4 rings (SSSR count). The van der Waals surface area contributed by atoms with Crippen LogP contribution in [0.4, 0.5) is 5.69 Å². The normalized spacial score (nSPS) is 14.6. The van der Waals surface area contributed by atoms with E-state index >= 15 is 0 Å². The molecular weight excluding hydrogens is 444 g/mol. The summed E-state index contributed by atoms with van der Waals surface area (Å²) in [5, 5.41) is 5.22. The SMILES string of the molecule is COc1ccc(C(C(=O)NC2CCCC2)N(C(=O)Cc2cccs2)c2c(C)cccc2C)cc1. The Morgan fingerprint density at radius 2 is 1.71 bits per heavy atom. The topological polar surface area (TPSA) is 58.6 Å². The van der Waals surface area contributed by atoms with E-state index in [-0.39, 0.29) is 24.3 Å². The standard InChI is InChI=1S/C28H32N2O3S/c1-19-8-6-9-20(2)26(19)30(25(31)18-24-12-7-17-34-24)27(21-13-15-23(33-3)16-14-21)28(32)29-22-10-4-5-11-22/h6-9,12-17,22,27H,4-5,10-11,18H2,1-3H3,(H,29,32). The number of para-hydroxylation sites is 1. The van der Waals surface area contributed by atoms with Crippen molar-refractivity contribution in [2.24, 2.45) is 0 Å². The van der Waals surface area contributed by atoms with Gasteiger partial charge in [-0.3, -0.25) is 14.5 Å². The Labute approximate surface area is 205 Å². The molecule has 3 aromatic rings. The number of methoxy groups -OCH3 is 1. The highest BCUT2D eigenvalue weighted by atomic mass is 32.1. The lowest BCUT2D eigenvalue weighted by atomic mass is 9.98. The summed E-state index contributed by atoms with van der Waals surface area (Å²) in [6, 6.07) is 16.7. The molecule has 1 aromatic heterocycles. The van der Waals surface area contributed by atoms with Crippen molar-refractivity contribution >= 4 is 28.8 Å². The van der Waals surface area contributed by atoms with Crippen LogP contribution in [-0.2, 0) is 16.0 Å². The smallest absolute Gasteiger partial charge is 0.248 e. The third-order valence-corrected chi connectivity index (χ3v) is 7.37. The first kappa shape index (κ1) is 24.0. The number of amides is 2. The maximum atomic E-state index is 13.9. The van der Waals surface area contributed by atoms with Crippen molar-refractivity contribution in [1.29, 1.82) is 0 Å². The van der Waals surface area contributed by atoms with Crippen LogP contribution in [-0.4, -0.2) is 25.0 Å². The molecule has 2 amide bonds. The van der Waals surface area contributed by atoms with Gasteiger partial charge in [0.2, 0.25) is 11.8 Å². The Morgan fingerprint density at radius 1 is 1.03 bits per heavy atom. The fraction of sp³-hybridized carbons (Fsp3) is 0.357. The van der Waals surface area contributed by atoms with E-state index in [1.165, 1.54) is 0 Å². The number of benzene rings is 2. The van der Waals surface area contributed by atoms with Crippen LogP contribution in [0.15, 0.2) is 60.0 Å². The summed E-state index contributed by atoms with van der Waals surface area (Å²) in [5.74, 6) is 0.476. The number of nitrogens with one attached hydrogen (secondary N) is 1. The van der Waals surface area contributed by atoms with E-state index in [0.717, 1.165) is 52.9 Å². The van der Waals surface area contributed by atoms with Gasteiger partial charge in [0, 0.05) is 10.9 Å². The Hall–Kier alpha value is -3.12. The maximum Gasteiger partial charge on any atom is 0.248 e. The quantitative estimate of drug-likeness (QED) is 0.450. The highest BCUT2D eigenvalue weighted by Gasteiger charge is 2.35. The second kappa shape index (κ2) is 10.9. The lowest BCUT2D eigenvalue weighted by molar-refractivity contribution is -0.127. The van der Waals surface area contributed by atoms with Crippen molar-refractivity contribution in [2.45, 2.75) is 58.0 Å². The molecule has 0 aliphatic heterocycles. The van der Waals surface area contributed by atoms with Crippen LogP contribution in [0.3, 0.4) is 0 Å². The minimum atomic E-state index is -0.779. The number of thiophene rings is 1. The molecular formula is C28H32N2O3S. The molecule has 178 valence electrons. The predicted molar refractivity (Wildman–Crippen MR) is 138 cm³/mol. The molecule has 1 fully saturated rings. The molecule has 6 heteroatoms. The zero-order valence-electron chi connectivity index (χ0n) is 20.0. The molecule has 1 aliphatic carbocycles. The van der Waals surface area contributed by atoms with E-state index in [4.69, 9.17) is 4.74 Å². The van der Waals surface area contributed by atoms with Crippen LogP contribution in [0.5, 0.6) is 5.75 Å².